The molecule has 2 aromatic rings. The Morgan fingerprint density at radius 3 is 2.88 bits per heavy atom. The number of hydrogen-bond acceptors (Lipinski definition) is 3. The summed E-state index contributed by atoms with van der Waals surface area (Å²) < 4.78 is 7.21. The van der Waals surface area contributed by atoms with Crippen molar-refractivity contribution in [1.29, 1.82) is 0 Å². The second kappa shape index (κ2) is 5.01. The molecule has 0 saturated heterocycles. The average molecular weight is 231 g/mol. The normalized spacial score (nSPS) is 12.4. The molecule has 4 heteroatoms. The van der Waals surface area contributed by atoms with Crippen molar-refractivity contribution in [2.45, 2.75) is 19.5 Å². The van der Waals surface area contributed by atoms with Crippen LogP contribution in [-0.4, -0.2) is 16.9 Å². The molecule has 2 N–H and O–H groups in total. The van der Waals surface area contributed by atoms with E-state index >= 15 is 0 Å². The summed E-state index contributed by atoms with van der Waals surface area (Å²) in [5, 5.41) is 4.19. The van der Waals surface area contributed by atoms with E-state index in [1.807, 2.05) is 36.0 Å². The van der Waals surface area contributed by atoms with Crippen molar-refractivity contribution in [2.24, 2.45) is 5.73 Å². The van der Waals surface area contributed by atoms with Gasteiger partial charge in [-0.1, -0.05) is 6.07 Å². The van der Waals surface area contributed by atoms with E-state index in [2.05, 4.69) is 11.2 Å². The Hall–Kier alpha value is -1.81. The molecule has 0 spiro atoms. The van der Waals surface area contributed by atoms with Crippen LogP contribution in [-0.2, 0) is 6.54 Å². The number of benzene rings is 1. The number of nitrogens with zero attached hydrogens (tertiary/aromatic N) is 2. The first-order valence-corrected chi connectivity index (χ1v) is 5.60. The Balaban J connectivity index is 2.32. The highest BCUT2D eigenvalue weighted by Gasteiger charge is 2.07. The Kier molecular flexibility index (Phi) is 3.44. The highest BCUT2D eigenvalue weighted by atomic mass is 16.5. The van der Waals surface area contributed by atoms with Crippen LogP contribution in [0.25, 0.3) is 0 Å². The first-order valence-electron chi connectivity index (χ1n) is 5.60. The molecule has 0 amide bonds. The molecule has 1 aromatic carbocycles. The molecule has 2 rings (SSSR count). The number of methoxy groups -OCH3 is 1. The van der Waals surface area contributed by atoms with Gasteiger partial charge in [-0.2, -0.15) is 5.10 Å². The maximum Gasteiger partial charge on any atom is 0.123 e. The van der Waals surface area contributed by atoms with Crippen LogP contribution in [0.1, 0.15) is 24.1 Å². The molecule has 0 aliphatic carbocycles. The first-order chi connectivity index (χ1) is 8.20. The lowest BCUT2D eigenvalue weighted by molar-refractivity contribution is 0.407. The van der Waals surface area contributed by atoms with Gasteiger partial charge >= 0.3 is 0 Å². The molecular weight excluding hydrogens is 214 g/mol. The summed E-state index contributed by atoms with van der Waals surface area (Å²) in [6.45, 7) is 2.66. The maximum absolute atomic E-state index is 5.88. The summed E-state index contributed by atoms with van der Waals surface area (Å²) in [5.74, 6) is 0.866. The standard InChI is InChI=1S/C13H17N3O/c1-10(14)11-4-5-13(17-2)12(8-11)9-16-7-3-6-15-16/h3-8,10H,9,14H2,1-2H3/t10-/m0/s1. The lowest BCUT2D eigenvalue weighted by Gasteiger charge is -2.12. The van der Waals surface area contributed by atoms with E-state index in [0.29, 0.717) is 6.54 Å². The third-order valence-corrected chi connectivity index (χ3v) is 2.72. The van der Waals surface area contributed by atoms with Gasteiger partial charge in [-0.05, 0) is 30.7 Å². The summed E-state index contributed by atoms with van der Waals surface area (Å²) in [5.41, 5.74) is 8.08. The van der Waals surface area contributed by atoms with Crippen LogP contribution in [0.15, 0.2) is 36.7 Å². The third-order valence-electron chi connectivity index (χ3n) is 2.72. The molecule has 0 aliphatic heterocycles. The van der Waals surface area contributed by atoms with Gasteiger partial charge < -0.3 is 10.5 Å². The lowest BCUT2D eigenvalue weighted by atomic mass is 10.0. The van der Waals surface area contributed by atoms with E-state index in [4.69, 9.17) is 10.5 Å². The summed E-state index contributed by atoms with van der Waals surface area (Å²) in [6, 6.07) is 7.96. The number of rotatable bonds is 4. The molecular formula is C13H17N3O. The summed E-state index contributed by atoms with van der Waals surface area (Å²) >= 11 is 0. The van der Waals surface area contributed by atoms with E-state index in [0.717, 1.165) is 16.9 Å². The summed E-state index contributed by atoms with van der Waals surface area (Å²) in [4.78, 5) is 0. The Labute approximate surface area is 101 Å². The predicted octanol–water partition coefficient (Wildman–Crippen LogP) is 1.96. The zero-order valence-corrected chi connectivity index (χ0v) is 10.1. The molecule has 1 aromatic heterocycles. The van der Waals surface area contributed by atoms with E-state index in [-0.39, 0.29) is 6.04 Å². The minimum atomic E-state index is 0.0253. The molecule has 0 aliphatic rings. The van der Waals surface area contributed by atoms with Gasteiger partial charge in [0.25, 0.3) is 0 Å². The van der Waals surface area contributed by atoms with Crippen LogP contribution in [0.3, 0.4) is 0 Å². The first kappa shape index (κ1) is 11.7. The highest BCUT2D eigenvalue weighted by molar-refractivity contribution is 5.38. The van der Waals surface area contributed by atoms with Crippen LogP contribution in [0.4, 0.5) is 0 Å². The van der Waals surface area contributed by atoms with E-state index in [9.17, 15) is 0 Å². The van der Waals surface area contributed by atoms with Crippen LogP contribution < -0.4 is 10.5 Å². The second-order valence-corrected chi connectivity index (χ2v) is 4.06. The smallest absolute Gasteiger partial charge is 0.123 e. The summed E-state index contributed by atoms with van der Waals surface area (Å²) in [7, 11) is 1.67. The second-order valence-electron chi connectivity index (χ2n) is 4.06. The number of nitrogens with two attached hydrogens (primary N) is 1. The van der Waals surface area contributed by atoms with Crippen LogP contribution in [0.2, 0.25) is 0 Å². The Morgan fingerprint density at radius 1 is 1.47 bits per heavy atom. The van der Waals surface area contributed by atoms with Crippen molar-refractivity contribution in [2.75, 3.05) is 7.11 Å². The monoisotopic (exact) mass is 231 g/mol. The molecule has 0 saturated carbocycles. The fourth-order valence-electron chi connectivity index (χ4n) is 1.77. The van der Waals surface area contributed by atoms with Crippen LogP contribution in [0.5, 0.6) is 5.75 Å². The highest BCUT2D eigenvalue weighted by Crippen LogP contribution is 2.23. The van der Waals surface area contributed by atoms with Gasteiger partial charge in [0.05, 0.1) is 13.7 Å². The molecule has 4 nitrogen and oxygen atoms in total. The fraction of sp³-hybridized carbons (Fsp3) is 0.308. The molecule has 0 fully saturated rings. The Bertz CT molecular complexity index is 477. The number of ether oxygens (including phenoxy) is 1. The van der Waals surface area contributed by atoms with Crippen molar-refractivity contribution in [1.82, 2.24) is 9.78 Å². The molecule has 0 radical (unpaired) electrons. The zero-order chi connectivity index (χ0) is 12.3. The van der Waals surface area contributed by atoms with Crippen molar-refractivity contribution in [3.05, 3.63) is 47.8 Å². The minimum Gasteiger partial charge on any atom is -0.496 e. The topological polar surface area (TPSA) is 53.1 Å². The van der Waals surface area contributed by atoms with E-state index in [1.54, 1.807) is 13.3 Å². The van der Waals surface area contributed by atoms with Gasteiger partial charge in [0.1, 0.15) is 5.75 Å². The fourth-order valence-corrected chi connectivity index (χ4v) is 1.77. The zero-order valence-electron chi connectivity index (χ0n) is 10.1. The average Bonchev–Trinajstić information content (AvgIpc) is 2.81. The SMILES string of the molecule is COc1ccc([C@H](C)N)cc1Cn1cccn1. The summed E-state index contributed by atoms with van der Waals surface area (Å²) in [6.07, 6.45) is 3.69. The minimum absolute atomic E-state index is 0.0253. The van der Waals surface area contributed by atoms with Crippen LogP contribution >= 0.6 is 0 Å². The van der Waals surface area contributed by atoms with E-state index in [1.165, 1.54) is 0 Å². The maximum atomic E-state index is 5.88. The number of hydrogen-bond donors (Lipinski definition) is 1. The van der Waals surface area contributed by atoms with Crippen molar-refractivity contribution in [3.63, 3.8) is 0 Å². The van der Waals surface area contributed by atoms with E-state index < -0.39 is 0 Å². The quantitative estimate of drug-likeness (QED) is 0.875. The van der Waals surface area contributed by atoms with Crippen molar-refractivity contribution < 1.29 is 4.74 Å². The predicted molar refractivity (Wildman–Crippen MR) is 66.9 cm³/mol. The van der Waals surface area contributed by atoms with Gasteiger partial charge in [0.15, 0.2) is 0 Å². The molecule has 17 heavy (non-hydrogen) atoms. The molecule has 90 valence electrons. The van der Waals surface area contributed by atoms with Gasteiger partial charge in [-0.15, -0.1) is 0 Å². The van der Waals surface area contributed by atoms with Gasteiger partial charge in [0.2, 0.25) is 0 Å². The third kappa shape index (κ3) is 2.65. The molecule has 0 bridgehead atoms. The van der Waals surface area contributed by atoms with Crippen molar-refractivity contribution >= 4 is 0 Å². The van der Waals surface area contributed by atoms with Gasteiger partial charge in [0, 0.05) is 24.0 Å². The largest absolute Gasteiger partial charge is 0.496 e. The van der Waals surface area contributed by atoms with Gasteiger partial charge in [-0.25, -0.2) is 0 Å². The van der Waals surface area contributed by atoms with Gasteiger partial charge in [-0.3, -0.25) is 4.68 Å². The van der Waals surface area contributed by atoms with Crippen molar-refractivity contribution in [3.8, 4) is 5.75 Å². The number of aromatic nitrogens is 2. The molecule has 0 unspecified atom stereocenters. The molecule has 1 heterocycles. The lowest BCUT2D eigenvalue weighted by Crippen LogP contribution is -2.08. The van der Waals surface area contributed by atoms with Crippen LogP contribution in [0, 0.1) is 0 Å². The molecule has 1 atom stereocenters. The Morgan fingerprint density at radius 2 is 2.29 bits per heavy atom.